The van der Waals surface area contributed by atoms with Gasteiger partial charge in [-0.3, -0.25) is 0 Å². The molecule has 2 heterocycles. The Labute approximate surface area is 136 Å². The average Bonchev–Trinajstić information content (AvgIpc) is 2.87. The van der Waals surface area contributed by atoms with Crippen LogP contribution in [-0.4, -0.2) is 44.7 Å². The van der Waals surface area contributed by atoms with Crippen LogP contribution in [0.2, 0.25) is 0 Å². The van der Waals surface area contributed by atoms with Crippen LogP contribution >= 0.6 is 0 Å². The fraction of sp³-hybridized carbons (Fsp3) is 0.625. The van der Waals surface area contributed by atoms with Crippen LogP contribution in [0.25, 0.3) is 0 Å². The quantitative estimate of drug-likeness (QED) is 0.910. The van der Waals surface area contributed by atoms with Gasteiger partial charge in [0.15, 0.2) is 0 Å². The SMILES string of the molecule is CS(=O)(=O)N1CCC[C@@H]1CN[C@@H]1CCCOc2cc(F)ccc21. The summed E-state index contributed by atoms with van der Waals surface area (Å²) in [5, 5.41) is 3.47. The Hall–Kier alpha value is -1.18. The maximum absolute atomic E-state index is 13.4. The van der Waals surface area contributed by atoms with Crippen LogP contribution < -0.4 is 10.1 Å². The van der Waals surface area contributed by atoms with E-state index >= 15 is 0 Å². The van der Waals surface area contributed by atoms with Gasteiger partial charge in [-0.2, -0.15) is 4.31 Å². The van der Waals surface area contributed by atoms with Crippen molar-refractivity contribution in [1.82, 2.24) is 9.62 Å². The van der Waals surface area contributed by atoms with Gasteiger partial charge in [0, 0.05) is 36.8 Å². The van der Waals surface area contributed by atoms with E-state index in [1.165, 1.54) is 18.4 Å². The molecule has 128 valence electrons. The van der Waals surface area contributed by atoms with Gasteiger partial charge in [0.05, 0.1) is 12.9 Å². The third-order valence-corrected chi connectivity index (χ3v) is 5.93. The summed E-state index contributed by atoms with van der Waals surface area (Å²) in [6.07, 6.45) is 4.82. The molecule has 0 aliphatic carbocycles. The predicted octanol–water partition coefficient (Wildman–Crippen LogP) is 2.05. The van der Waals surface area contributed by atoms with Gasteiger partial charge in [0.2, 0.25) is 10.0 Å². The Kier molecular flexibility index (Phi) is 4.89. The van der Waals surface area contributed by atoms with E-state index in [9.17, 15) is 12.8 Å². The number of ether oxygens (including phenoxy) is 1. The number of hydrogen-bond donors (Lipinski definition) is 1. The normalized spacial score (nSPS) is 25.7. The fourth-order valence-corrected chi connectivity index (χ4v) is 4.67. The summed E-state index contributed by atoms with van der Waals surface area (Å²) >= 11 is 0. The number of nitrogens with one attached hydrogen (secondary N) is 1. The zero-order valence-electron chi connectivity index (χ0n) is 13.3. The average molecular weight is 342 g/mol. The van der Waals surface area contributed by atoms with E-state index in [-0.39, 0.29) is 17.9 Å². The van der Waals surface area contributed by atoms with E-state index in [1.54, 1.807) is 10.4 Å². The molecule has 1 fully saturated rings. The van der Waals surface area contributed by atoms with E-state index in [0.29, 0.717) is 25.4 Å². The van der Waals surface area contributed by atoms with Crippen LogP contribution in [0.15, 0.2) is 18.2 Å². The van der Waals surface area contributed by atoms with Crippen molar-refractivity contribution in [2.45, 2.75) is 37.8 Å². The number of hydrogen-bond acceptors (Lipinski definition) is 4. The third kappa shape index (κ3) is 3.84. The van der Waals surface area contributed by atoms with E-state index in [0.717, 1.165) is 31.2 Å². The summed E-state index contributed by atoms with van der Waals surface area (Å²) in [5.74, 6) is 0.287. The van der Waals surface area contributed by atoms with Crippen LogP contribution in [0.3, 0.4) is 0 Å². The van der Waals surface area contributed by atoms with Crippen molar-refractivity contribution in [2.75, 3.05) is 26.0 Å². The third-order valence-electron chi connectivity index (χ3n) is 4.59. The lowest BCUT2D eigenvalue weighted by Crippen LogP contribution is -2.41. The Morgan fingerprint density at radius 2 is 2.17 bits per heavy atom. The first-order chi connectivity index (χ1) is 10.9. The van der Waals surface area contributed by atoms with Crippen molar-refractivity contribution in [3.05, 3.63) is 29.6 Å². The molecule has 23 heavy (non-hydrogen) atoms. The molecule has 7 heteroatoms. The van der Waals surface area contributed by atoms with E-state index < -0.39 is 10.0 Å². The van der Waals surface area contributed by atoms with E-state index in [1.807, 2.05) is 0 Å². The van der Waals surface area contributed by atoms with E-state index in [4.69, 9.17) is 4.74 Å². The molecular weight excluding hydrogens is 319 g/mol. The molecule has 2 aliphatic rings. The molecular formula is C16H23FN2O3S. The first-order valence-corrected chi connectivity index (χ1v) is 9.92. The number of nitrogens with zero attached hydrogens (tertiary/aromatic N) is 1. The molecule has 0 bridgehead atoms. The molecule has 0 spiro atoms. The van der Waals surface area contributed by atoms with Gasteiger partial charge < -0.3 is 10.1 Å². The molecule has 1 aromatic rings. The Morgan fingerprint density at radius 3 is 2.96 bits per heavy atom. The lowest BCUT2D eigenvalue weighted by atomic mass is 10.0. The number of sulfonamides is 1. The lowest BCUT2D eigenvalue weighted by molar-refractivity contribution is 0.312. The molecule has 5 nitrogen and oxygen atoms in total. The summed E-state index contributed by atoms with van der Waals surface area (Å²) in [7, 11) is -3.16. The standard InChI is InChI=1S/C16H23FN2O3S/c1-23(20,21)19-8-2-4-13(19)11-18-15-5-3-9-22-16-10-12(17)6-7-14(15)16/h6-7,10,13,15,18H,2-5,8-9,11H2,1H3/t13-,15-/m1/s1. The van der Waals surface area contributed by atoms with Gasteiger partial charge in [-0.25, -0.2) is 12.8 Å². The van der Waals surface area contributed by atoms with Crippen molar-refractivity contribution in [1.29, 1.82) is 0 Å². The van der Waals surface area contributed by atoms with Gasteiger partial charge in [0.1, 0.15) is 11.6 Å². The Bertz CT molecular complexity index is 665. The number of rotatable bonds is 4. The van der Waals surface area contributed by atoms with Crippen molar-refractivity contribution >= 4 is 10.0 Å². The first kappa shape index (κ1) is 16.7. The summed E-state index contributed by atoms with van der Waals surface area (Å²) in [6.45, 7) is 1.78. The highest BCUT2D eigenvalue weighted by atomic mass is 32.2. The molecule has 0 unspecified atom stereocenters. The first-order valence-electron chi connectivity index (χ1n) is 8.07. The highest BCUT2D eigenvalue weighted by Gasteiger charge is 2.32. The van der Waals surface area contributed by atoms with Crippen LogP contribution in [0.1, 0.15) is 37.3 Å². The fourth-order valence-electron chi connectivity index (χ4n) is 3.49. The van der Waals surface area contributed by atoms with Crippen molar-refractivity contribution in [2.24, 2.45) is 0 Å². The maximum Gasteiger partial charge on any atom is 0.211 e. The van der Waals surface area contributed by atoms with Gasteiger partial charge in [0.25, 0.3) is 0 Å². The summed E-state index contributed by atoms with van der Waals surface area (Å²) < 4.78 is 44.2. The van der Waals surface area contributed by atoms with Crippen LogP contribution in [0.4, 0.5) is 4.39 Å². The Balaban J connectivity index is 1.71. The van der Waals surface area contributed by atoms with Crippen molar-refractivity contribution in [3.8, 4) is 5.75 Å². The molecule has 0 radical (unpaired) electrons. The number of fused-ring (bicyclic) bond motifs is 1. The van der Waals surface area contributed by atoms with Crippen LogP contribution in [-0.2, 0) is 10.0 Å². The monoisotopic (exact) mass is 342 g/mol. The maximum atomic E-state index is 13.4. The highest BCUT2D eigenvalue weighted by molar-refractivity contribution is 7.88. The summed E-state index contributed by atoms with van der Waals surface area (Å²) in [6, 6.07) is 4.69. The molecule has 1 aromatic carbocycles. The second-order valence-corrected chi connectivity index (χ2v) is 8.24. The minimum atomic E-state index is -3.16. The second kappa shape index (κ2) is 6.75. The molecule has 0 amide bonds. The minimum Gasteiger partial charge on any atom is -0.493 e. The molecule has 0 aromatic heterocycles. The zero-order chi connectivity index (χ0) is 16.4. The molecule has 2 aliphatic heterocycles. The topological polar surface area (TPSA) is 58.6 Å². The van der Waals surface area contributed by atoms with Gasteiger partial charge in [-0.1, -0.05) is 6.07 Å². The van der Waals surface area contributed by atoms with Crippen LogP contribution in [0.5, 0.6) is 5.75 Å². The molecule has 1 saturated heterocycles. The lowest BCUT2D eigenvalue weighted by Gasteiger charge is -2.25. The largest absolute Gasteiger partial charge is 0.493 e. The highest BCUT2D eigenvalue weighted by Crippen LogP contribution is 2.32. The van der Waals surface area contributed by atoms with Gasteiger partial charge in [-0.05, 0) is 31.7 Å². The summed E-state index contributed by atoms with van der Waals surface area (Å²) in [5.41, 5.74) is 0.952. The number of halogens is 1. The molecule has 0 saturated carbocycles. The van der Waals surface area contributed by atoms with Crippen LogP contribution in [0, 0.1) is 5.82 Å². The van der Waals surface area contributed by atoms with Gasteiger partial charge >= 0.3 is 0 Å². The summed E-state index contributed by atoms with van der Waals surface area (Å²) in [4.78, 5) is 0. The minimum absolute atomic E-state index is 0.00179. The smallest absolute Gasteiger partial charge is 0.211 e. The number of benzene rings is 1. The van der Waals surface area contributed by atoms with E-state index in [2.05, 4.69) is 5.32 Å². The second-order valence-electron chi connectivity index (χ2n) is 6.30. The molecule has 3 rings (SSSR count). The molecule has 2 atom stereocenters. The van der Waals surface area contributed by atoms with Gasteiger partial charge in [-0.15, -0.1) is 0 Å². The van der Waals surface area contributed by atoms with Crippen molar-refractivity contribution < 1.29 is 17.5 Å². The molecule has 1 N–H and O–H groups in total. The Morgan fingerprint density at radius 1 is 1.35 bits per heavy atom. The zero-order valence-corrected chi connectivity index (χ0v) is 14.1. The predicted molar refractivity (Wildman–Crippen MR) is 86.4 cm³/mol. The van der Waals surface area contributed by atoms with Crippen molar-refractivity contribution in [3.63, 3.8) is 0 Å².